The zero-order chi connectivity index (χ0) is 18.9. The number of amides is 1. The third kappa shape index (κ3) is 5.56. The Bertz CT molecular complexity index is 791. The molecule has 2 aromatic carbocycles. The second kappa shape index (κ2) is 9.74. The average molecular weight is 362 g/mol. The van der Waals surface area contributed by atoms with Crippen LogP contribution in [0.2, 0.25) is 0 Å². The van der Waals surface area contributed by atoms with Gasteiger partial charge in [0.1, 0.15) is 5.75 Å². The van der Waals surface area contributed by atoms with Gasteiger partial charge in [-0.2, -0.15) is 0 Å². The Morgan fingerprint density at radius 2 is 1.67 bits per heavy atom. The summed E-state index contributed by atoms with van der Waals surface area (Å²) < 4.78 is 5.32. The van der Waals surface area contributed by atoms with E-state index in [9.17, 15) is 4.79 Å². The number of para-hydroxylation sites is 1. The van der Waals surface area contributed by atoms with E-state index in [2.05, 4.69) is 29.2 Å². The van der Waals surface area contributed by atoms with Crippen LogP contribution in [0.15, 0.2) is 66.7 Å². The maximum atomic E-state index is 12.4. The molecule has 0 unspecified atom stereocenters. The van der Waals surface area contributed by atoms with Crippen molar-refractivity contribution >= 4 is 18.1 Å². The Morgan fingerprint density at radius 1 is 0.963 bits per heavy atom. The van der Waals surface area contributed by atoms with E-state index in [1.807, 2.05) is 53.4 Å². The molecule has 0 N–H and O–H groups in total. The highest BCUT2D eigenvalue weighted by Crippen LogP contribution is 2.18. The standard InChI is InChI=1S/C23H26N2O2/c1-27-22-12-6-5-11-21(22)13-14-23(26)25-18-16-24(17-19-25)15-7-10-20-8-3-2-4-9-20/h2-14H,15-19H2,1H3/b10-7+,14-13+. The van der Waals surface area contributed by atoms with Gasteiger partial charge in [0, 0.05) is 44.4 Å². The molecule has 0 aromatic heterocycles. The van der Waals surface area contributed by atoms with E-state index < -0.39 is 0 Å². The van der Waals surface area contributed by atoms with Crippen LogP contribution in [-0.4, -0.2) is 55.5 Å². The lowest BCUT2D eigenvalue weighted by Gasteiger charge is -2.33. The van der Waals surface area contributed by atoms with Crippen molar-refractivity contribution in [2.45, 2.75) is 0 Å². The first-order valence-electron chi connectivity index (χ1n) is 9.30. The van der Waals surface area contributed by atoms with Gasteiger partial charge in [0.05, 0.1) is 7.11 Å². The molecule has 3 rings (SSSR count). The SMILES string of the molecule is COc1ccccc1/C=C/C(=O)N1CCN(C/C=C/c2ccccc2)CC1. The van der Waals surface area contributed by atoms with Crippen molar-refractivity contribution in [3.8, 4) is 5.75 Å². The van der Waals surface area contributed by atoms with Crippen molar-refractivity contribution in [1.82, 2.24) is 9.80 Å². The van der Waals surface area contributed by atoms with Crippen LogP contribution in [0.25, 0.3) is 12.2 Å². The van der Waals surface area contributed by atoms with Crippen LogP contribution in [0.1, 0.15) is 11.1 Å². The number of rotatable bonds is 6. The zero-order valence-electron chi connectivity index (χ0n) is 15.8. The van der Waals surface area contributed by atoms with E-state index in [1.54, 1.807) is 13.2 Å². The van der Waals surface area contributed by atoms with Gasteiger partial charge < -0.3 is 9.64 Å². The summed E-state index contributed by atoms with van der Waals surface area (Å²) in [6.45, 7) is 4.22. The molecule has 0 bridgehead atoms. The minimum atomic E-state index is 0.0559. The summed E-state index contributed by atoms with van der Waals surface area (Å²) >= 11 is 0. The Morgan fingerprint density at radius 3 is 2.41 bits per heavy atom. The number of methoxy groups -OCH3 is 1. The van der Waals surface area contributed by atoms with Crippen molar-refractivity contribution in [2.75, 3.05) is 39.8 Å². The molecule has 1 fully saturated rings. The lowest BCUT2D eigenvalue weighted by Crippen LogP contribution is -2.48. The van der Waals surface area contributed by atoms with Crippen molar-refractivity contribution < 1.29 is 9.53 Å². The Labute approximate surface area is 161 Å². The van der Waals surface area contributed by atoms with Gasteiger partial charge in [0.15, 0.2) is 0 Å². The highest BCUT2D eigenvalue weighted by Gasteiger charge is 2.18. The highest BCUT2D eigenvalue weighted by molar-refractivity contribution is 5.92. The van der Waals surface area contributed by atoms with Crippen LogP contribution in [0.4, 0.5) is 0 Å². The third-order valence-electron chi connectivity index (χ3n) is 4.70. The maximum absolute atomic E-state index is 12.4. The van der Waals surface area contributed by atoms with Gasteiger partial charge in [-0.3, -0.25) is 9.69 Å². The molecule has 140 valence electrons. The molecular weight excluding hydrogens is 336 g/mol. The van der Waals surface area contributed by atoms with Crippen molar-refractivity contribution in [1.29, 1.82) is 0 Å². The van der Waals surface area contributed by atoms with Gasteiger partial charge in [-0.15, -0.1) is 0 Å². The normalized spacial score (nSPS) is 15.5. The van der Waals surface area contributed by atoms with Crippen LogP contribution < -0.4 is 4.74 Å². The third-order valence-corrected chi connectivity index (χ3v) is 4.70. The summed E-state index contributed by atoms with van der Waals surface area (Å²) in [5, 5.41) is 0. The smallest absolute Gasteiger partial charge is 0.246 e. The van der Waals surface area contributed by atoms with Crippen molar-refractivity contribution in [3.05, 3.63) is 77.9 Å². The zero-order valence-corrected chi connectivity index (χ0v) is 15.8. The highest BCUT2D eigenvalue weighted by atomic mass is 16.5. The molecule has 0 radical (unpaired) electrons. The quantitative estimate of drug-likeness (QED) is 0.737. The second-order valence-electron chi connectivity index (χ2n) is 6.51. The summed E-state index contributed by atoms with van der Waals surface area (Å²) in [5.74, 6) is 0.831. The number of piperazine rings is 1. The summed E-state index contributed by atoms with van der Waals surface area (Å²) in [6, 6.07) is 18.0. The van der Waals surface area contributed by atoms with E-state index in [-0.39, 0.29) is 5.91 Å². The van der Waals surface area contributed by atoms with E-state index in [0.29, 0.717) is 0 Å². The molecule has 2 aromatic rings. The van der Waals surface area contributed by atoms with Gasteiger partial charge in [-0.25, -0.2) is 0 Å². The maximum Gasteiger partial charge on any atom is 0.246 e. The number of benzene rings is 2. The molecule has 0 saturated carbocycles. The number of carbonyl (C=O) groups excluding carboxylic acids is 1. The van der Waals surface area contributed by atoms with Crippen LogP contribution >= 0.6 is 0 Å². The van der Waals surface area contributed by atoms with Crippen molar-refractivity contribution in [2.24, 2.45) is 0 Å². The fourth-order valence-corrected chi connectivity index (χ4v) is 3.12. The molecule has 4 heteroatoms. The van der Waals surface area contributed by atoms with Gasteiger partial charge in [0.2, 0.25) is 5.91 Å². The fraction of sp³-hybridized carbons (Fsp3) is 0.261. The number of ether oxygens (including phenoxy) is 1. The molecule has 1 aliphatic heterocycles. The van der Waals surface area contributed by atoms with Gasteiger partial charge in [-0.1, -0.05) is 60.7 Å². The topological polar surface area (TPSA) is 32.8 Å². The van der Waals surface area contributed by atoms with Crippen molar-refractivity contribution in [3.63, 3.8) is 0 Å². The minimum absolute atomic E-state index is 0.0559. The second-order valence-corrected chi connectivity index (χ2v) is 6.51. The monoisotopic (exact) mass is 362 g/mol. The lowest BCUT2D eigenvalue weighted by atomic mass is 10.2. The molecule has 4 nitrogen and oxygen atoms in total. The average Bonchev–Trinajstić information content (AvgIpc) is 2.73. The van der Waals surface area contributed by atoms with E-state index in [4.69, 9.17) is 4.74 Å². The van der Waals surface area contributed by atoms with E-state index in [1.165, 1.54) is 5.56 Å². The molecular formula is C23H26N2O2. The summed E-state index contributed by atoms with van der Waals surface area (Å²) in [5.41, 5.74) is 2.13. The summed E-state index contributed by atoms with van der Waals surface area (Å²) in [6.07, 6.45) is 7.81. The Balaban J connectivity index is 1.46. The number of carbonyl (C=O) groups is 1. The first kappa shape index (κ1) is 18.9. The molecule has 0 atom stereocenters. The molecule has 0 spiro atoms. The predicted octanol–water partition coefficient (Wildman–Crippen LogP) is 3.57. The number of nitrogens with zero attached hydrogens (tertiary/aromatic N) is 2. The molecule has 0 aliphatic carbocycles. The van der Waals surface area contributed by atoms with E-state index >= 15 is 0 Å². The molecule has 1 heterocycles. The largest absolute Gasteiger partial charge is 0.496 e. The van der Waals surface area contributed by atoms with Gasteiger partial charge in [0.25, 0.3) is 0 Å². The van der Waals surface area contributed by atoms with Crippen LogP contribution in [0, 0.1) is 0 Å². The van der Waals surface area contributed by atoms with Crippen LogP contribution in [0.5, 0.6) is 5.75 Å². The molecule has 1 amide bonds. The first-order valence-corrected chi connectivity index (χ1v) is 9.30. The summed E-state index contributed by atoms with van der Waals surface area (Å²) in [4.78, 5) is 16.7. The Hall–Kier alpha value is -2.85. The molecule has 27 heavy (non-hydrogen) atoms. The van der Waals surface area contributed by atoms with Gasteiger partial charge >= 0.3 is 0 Å². The Kier molecular flexibility index (Phi) is 6.83. The van der Waals surface area contributed by atoms with Crippen LogP contribution in [0.3, 0.4) is 0 Å². The number of hydrogen-bond donors (Lipinski definition) is 0. The number of hydrogen-bond acceptors (Lipinski definition) is 3. The van der Waals surface area contributed by atoms with E-state index in [0.717, 1.165) is 44.0 Å². The predicted molar refractivity (Wildman–Crippen MR) is 111 cm³/mol. The first-order chi connectivity index (χ1) is 13.3. The van der Waals surface area contributed by atoms with Crippen LogP contribution in [-0.2, 0) is 4.79 Å². The summed E-state index contributed by atoms with van der Waals surface area (Å²) in [7, 11) is 1.64. The fourth-order valence-electron chi connectivity index (χ4n) is 3.12. The lowest BCUT2D eigenvalue weighted by molar-refractivity contribution is -0.127. The molecule has 1 saturated heterocycles. The molecule has 1 aliphatic rings. The minimum Gasteiger partial charge on any atom is -0.496 e. The van der Waals surface area contributed by atoms with Gasteiger partial charge in [-0.05, 0) is 17.7 Å².